The maximum Gasteiger partial charge on any atom is 0.145 e. The minimum atomic E-state index is 0.935. The number of aromatic nitrogens is 9. The number of fused-ring (bicyclic) bond motifs is 29. The molecule has 0 fully saturated rings. The Labute approximate surface area is 829 Å². The van der Waals surface area contributed by atoms with E-state index in [-0.39, 0.29) is 0 Å². The zero-order valence-electron chi connectivity index (χ0n) is 78.3. The number of para-hydroxylation sites is 9. The van der Waals surface area contributed by atoms with Crippen LogP contribution in [0.3, 0.4) is 0 Å². The van der Waals surface area contributed by atoms with Crippen molar-refractivity contribution in [2.45, 2.75) is 0 Å². The minimum Gasteiger partial charge on any atom is -0.309 e. The van der Waals surface area contributed by atoms with Gasteiger partial charge in [0.05, 0.1) is 83.3 Å². The van der Waals surface area contributed by atoms with Crippen LogP contribution in [0.4, 0.5) is 0 Å². The first kappa shape index (κ1) is 82.9. The number of hydrogen-bond donors (Lipinski definition) is 0. The lowest BCUT2D eigenvalue weighted by atomic mass is 9.97. The number of benzene rings is 21. The van der Waals surface area contributed by atoms with E-state index in [4.69, 9.17) is 15.0 Å². The molecule has 0 aliphatic heterocycles. The van der Waals surface area contributed by atoms with Crippen LogP contribution in [0.25, 0.3) is 265 Å². The largest absolute Gasteiger partial charge is 0.309 e. The fourth-order valence-corrected chi connectivity index (χ4v) is 22.7. The second-order valence-corrected chi connectivity index (χ2v) is 37.1. The van der Waals surface area contributed by atoms with Crippen LogP contribution in [0.15, 0.2) is 528 Å². The standard InChI is InChI=1S/3C45H29N3/c1-4-14-30(15-5-1)31-24-26-32(27-25-31)43-44-39-28-38-36-21-11-12-22-40(36)47(34-18-8-3-9-19-34)42(38)29-37(39)35-20-10-13-23-41(35)48(44)45(46-43)33-16-6-2-7-17-33;1-4-14-30(15-5-1)31-24-26-32(27-25-31)42-44-41-37(35-20-10-13-23-40(35)48(44)45(46-42)33-16-6-2-7-17-33)28-29-38-36-21-11-12-22-39(36)47(43(38)41)34-18-8-3-9-19-34;1-4-14-30(15-5-1)31-24-26-32(27-25-31)43-44-42-36(35-20-10-12-22-38(35)48(44)45(46-43)33-16-6-2-7-17-33)28-29-40-41(42)37-21-11-13-23-39(37)47(40)34-18-8-3-9-19-34/h3*1-29H. The van der Waals surface area contributed by atoms with Gasteiger partial charge in [0, 0.05) is 115 Å². The van der Waals surface area contributed by atoms with Gasteiger partial charge in [0.15, 0.2) is 0 Å². The SMILES string of the molecule is c1ccc(-c2ccc(-c3nc(-c4ccccc4)n4c5ccccc5c5cc6c(cc5c34)c3ccccc3n6-c3ccccc3)cc2)cc1.c1ccc(-c2ccc(-c3nc(-c4ccccc4)n4c5ccccc5c5ccc6c(c7ccccc7n6-c6ccccc6)c5c34)cc2)cc1.c1ccc(-c2ccc(-c3nc(-c4ccccc4)n4c5ccccc5c5ccc6c7ccccc7n(-c7ccccc7)c6c5c34)cc2)cc1. The summed E-state index contributed by atoms with van der Waals surface area (Å²) in [4.78, 5) is 16.6. The fraction of sp³-hybridized carbons (Fsp3) is 0. The molecule has 0 radical (unpaired) electrons. The highest BCUT2D eigenvalue weighted by atomic mass is 15.1. The summed E-state index contributed by atoms with van der Waals surface area (Å²) in [5.74, 6) is 2.82. The lowest BCUT2D eigenvalue weighted by molar-refractivity contribution is 1.18. The maximum absolute atomic E-state index is 5.55. The van der Waals surface area contributed by atoms with Crippen molar-refractivity contribution in [2.75, 3.05) is 0 Å². The van der Waals surface area contributed by atoms with Gasteiger partial charge in [0.1, 0.15) is 17.5 Å². The Morgan fingerprint density at radius 3 is 0.799 bits per heavy atom. The highest BCUT2D eigenvalue weighted by Gasteiger charge is 2.30. The summed E-state index contributed by atoms with van der Waals surface area (Å²) < 4.78 is 14.4. The van der Waals surface area contributed by atoms with Crippen molar-refractivity contribution < 1.29 is 0 Å². The second kappa shape index (κ2) is 34.4. The Balaban J connectivity index is 0.000000105. The lowest BCUT2D eigenvalue weighted by Gasteiger charge is -2.15. The van der Waals surface area contributed by atoms with Crippen LogP contribution in [0, 0.1) is 0 Å². The molecule has 672 valence electrons. The summed E-state index contributed by atoms with van der Waals surface area (Å²) in [5.41, 5.74) is 34.0. The monoisotopic (exact) mass is 1830 g/mol. The first-order chi connectivity index (χ1) is 71.5. The molecule has 0 aliphatic rings. The number of hydrogen-bond acceptors (Lipinski definition) is 3. The average Bonchev–Trinajstić information content (AvgIpc) is 1.53. The Morgan fingerprint density at radius 1 is 0.125 bits per heavy atom. The van der Waals surface area contributed by atoms with E-state index in [1.165, 1.54) is 147 Å². The van der Waals surface area contributed by atoms with Crippen molar-refractivity contribution in [1.82, 2.24) is 41.9 Å². The maximum atomic E-state index is 5.55. The number of imidazole rings is 3. The van der Waals surface area contributed by atoms with Gasteiger partial charge < -0.3 is 13.7 Å². The van der Waals surface area contributed by atoms with Crippen LogP contribution in [0.2, 0.25) is 0 Å². The average molecular weight is 1840 g/mol. The summed E-state index contributed by atoms with van der Waals surface area (Å²) >= 11 is 0. The van der Waals surface area contributed by atoms with Crippen LogP contribution >= 0.6 is 0 Å². The zero-order chi connectivity index (χ0) is 94.8. The van der Waals surface area contributed by atoms with E-state index in [2.05, 4.69) is 555 Å². The normalized spacial score (nSPS) is 11.8. The molecule has 0 saturated heterocycles. The molecule has 0 saturated carbocycles. The molecule has 0 N–H and O–H groups in total. The van der Waals surface area contributed by atoms with Crippen LogP contribution in [-0.2, 0) is 0 Å². The summed E-state index contributed by atoms with van der Waals surface area (Å²) in [6.07, 6.45) is 0. The molecule has 0 spiro atoms. The zero-order valence-corrected chi connectivity index (χ0v) is 78.3. The molecular formula is C135H87N9. The smallest absolute Gasteiger partial charge is 0.145 e. The van der Waals surface area contributed by atoms with Gasteiger partial charge in [-0.2, -0.15) is 0 Å². The molecular weight excluding hydrogens is 1750 g/mol. The molecule has 9 nitrogen and oxygen atoms in total. The van der Waals surface area contributed by atoms with E-state index in [9.17, 15) is 0 Å². The predicted molar refractivity (Wildman–Crippen MR) is 603 cm³/mol. The van der Waals surface area contributed by atoms with Crippen molar-refractivity contribution in [1.29, 1.82) is 0 Å². The van der Waals surface area contributed by atoms with Crippen molar-refractivity contribution in [3.63, 3.8) is 0 Å². The summed E-state index contributed by atoms with van der Waals surface area (Å²) in [5, 5.41) is 18.3. The third-order valence-corrected chi connectivity index (χ3v) is 29.1. The van der Waals surface area contributed by atoms with Crippen LogP contribution in [0.1, 0.15) is 0 Å². The van der Waals surface area contributed by atoms with E-state index >= 15 is 0 Å². The van der Waals surface area contributed by atoms with Gasteiger partial charge >= 0.3 is 0 Å². The Bertz CT molecular complexity index is 10200. The molecule has 9 heteroatoms. The predicted octanol–water partition coefficient (Wildman–Crippen LogP) is 35.2. The van der Waals surface area contributed by atoms with E-state index in [0.29, 0.717) is 0 Å². The van der Waals surface area contributed by atoms with Crippen molar-refractivity contribution in [2.24, 2.45) is 0 Å². The number of pyridine rings is 3. The fourth-order valence-electron chi connectivity index (χ4n) is 22.7. The molecule has 9 heterocycles. The van der Waals surface area contributed by atoms with E-state index < -0.39 is 0 Å². The summed E-state index contributed by atoms with van der Waals surface area (Å²) in [7, 11) is 0. The van der Waals surface area contributed by atoms with E-state index in [1.807, 2.05) is 0 Å². The van der Waals surface area contributed by atoms with Gasteiger partial charge in [-0.05, 0) is 141 Å². The second-order valence-electron chi connectivity index (χ2n) is 37.1. The lowest BCUT2D eigenvalue weighted by Crippen LogP contribution is -1.98. The number of rotatable bonds is 12. The number of nitrogens with zero attached hydrogens (tertiary/aromatic N) is 9. The van der Waals surface area contributed by atoms with E-state index in [1.54, 1.807) is 0 Å². The Hall–Kier alpha value is -19.4. The molecule has 0 atom stereocenters. The van der Waals surface area contributed by atoms with Crippen LogP contribution in [-0.4, -0.2) is 41.9 Å². The molecule has 30 rings (SSSR count). The van der Waals surface area contributed by atoms with Crippen LogP contribution in [0.5, 0.6) is 0 Å². The van der Waals surface area contributed by atoms with Gasteiger partial charge in [0.25, 0.3) is 0 Å². The Morgan fingerprint density at radius 2 is 0.389 bits per heavy atom. The molecule has 0 aliphatic carbocycles. The molecule has 0 bridgehead atoms. The van der Waals surface area contributed by atoms with Crippen molar-refractivity contribution >= 4 is 147 Å². The van der Waals surface area contributed by atoms with Crippen molar-refractivity contribution in [3.05, 3.63) is 528 Å². The van der Waals surface area contributed by atoms with Gasteiger partial charge in [-0.25, -0.2) is 15.0 Å². The molecule has 0 unspecified atom stereocenters. The van der Waals surface area contributed by atoms with Crippen molar-refractivity contribution in [3.8, 4) is 118 Å². The summed E-state index contributed by atoms with van der Waals surface area (Å²) in [6, 6.07) is 189. The van der Waals surface area contributed by atoms with Gasteiger partial charge in [-0.3, -0.25) is 13.2 Å². The third kappa shape index (κ3) is 13.5. The highest BCUT2D eigenvalue weighted by molar-refractivity contribution is 6.33. The Kier molecular flexibility index (Phi) is 19.8. The molecule has 9 aromatic heterocycles. The molecule has 30 aromatic rings. The third-order valence-electron chi connectivity index (χ3n) is 29.1. The molecule has 144 heavy (non-hydrogen) atoms. The van der Waals surface area contributed by atoms with E-state index in [0.717, 1.165) is 118 Å². The first-order valence-electron chi connectivity index (χ1n) is 49.2. The van der Waals surface area contributed by atoms with Gasteiger partial charge in [-0.1, -0.05) is 437 Å². The quantitative estimate of drug-likeness (QED) is 0.115. The molecule has 21 aromatic carbocycles. The topological polar surface area (TPSA) is 66.7 Å². The summed E-state index contributed by atoms with van der Waals surface area (Å²) in [6.45, 7) is 0. The first-order valence-corrected chi connectivity index (χ1v) is 49.2. The minimum absolute atomic E-state index is 0.935. The van der Waals surface area contributed by atoms with Crippen LogP contribution < -0.4 is 0 Å². The van der Waals surface area contributed by atoms with Gasteiger partial charge in [-0.15, -0.1) is 0 Å². The van der Waals surface area contributed by atoms with Gasteiger partial charge in [0.2, 0.25) is 0 Å². The highest BCUT2D eigenvalue weighted by Crippen LogP contribution is 2.51. The molecule has 0 amide bonds.